The van der Waals surface area contributed by atoms with Crippen LogP contribution in [0.15, 0.2) is 36.4 Å². The van der Waals surface area contributed by atoms with E-state index in [4.69, 9.17) is 23.2 Å². The summed E-state index contributed by atoms with van der Waals surface area (Å²) in [5.41, 5.74) is -0.968. The maximum absolute atomic E-state index is 15.3. The Kier molecular flexibility index (Phi) is 5.64. The highest BCUT2D eigenvalue weighted by molar-refractivity contribution is 6.31. The molecule has 2 amide bonds. The highest BCUT2D eigenvalue weighted by atomic mass is 35.5. The summed E-state index contributed by atoms with van der Waals surface area (Å²) in [7, 11) is 0. The second kappa shape index (κ2) is 7.90. The molecule has 1 fully saturated rings. The molecule has 1 spiro atoms. The standard InChI is InChI=1S/C23H23Cl2FN2O4/c1-22(2,11-29)9-12-10-28(21(31)32)19(14-4-3-5-16(25)18(14)26)23(12)15-7-6-13(24)8-17(15)27-20(23)30/h3-8,12,19,29H,9-11H2,1-2H3,(H,27,30)(H,31,32). The SMILES string of the molecule is CC(C)(CO)CC1CN(C(=O)O)C(c2cccc(Cl)c2F)C12C(=O)Nc1cc(Cl)ccc12. The fourth-order valence-electron chi connectivity index (χ4n) is 5.25. The summed E-state index contributed by atoms with van der Waals surface area (Å²) in [5.74, 6) is -1.73. The molecule has 0 aromatic heterocycles. The fraction of sp³-hybridized carbons (Fsp3) is 0.391. The number of nitrogens with zero attached hydrogens (tertiary/aromatic N) is 1. The number of hydrogen-bond donors (Lipinski definition) is 3. The lowest BCUT2D eigenvalue weighted by Gasteiger charge is -2.38. The van der Waals surface area contributed by atoms with Crippen LogP contribution in [0.1, 0.15) is 37.4 Å². The van der Waals surface area contributed by atoms with Crippen molar-refractivity contribution in [3.8, 4) is 0 Å². The van der Waals surface area contributed by atoms with E-state index in [1.54, 1.807) is 18.2 Å². The van der Waals surface area contributed by atoms with E-state index in [0.717, 1.165) is 4.90 Å². The molecule has 0 radical (unpaired) electrons. The molecule has 0 bridgehead atoms. The largest absolute Gasteiger partial charge is 0.465 e. The highest BCUT2D eigenvalue weighted by Crippen LogP contribution is 2.60. The number of likely N-dealkylation sites (tertiary alicyclic amines) is 1. The zero-order valence-corrected chi connectivity index (χ0v) is 19.0. The van der Waals surface area contributed by atoms with Crippen LogP contribution in [-0.2, 0) is 10.2 Å². The van der Waals surface area contributed by atoms with Crippen LogP contribution in [0.2, 0.25) is 10.0 Å². The topological polar surface area (TPSA) is 89.9 Å². The number of hydrogen-bond acceptors (Lipinski definition) is 3. The van der Waals surface area contributed by atoms with Crippen LogP contribution in [0, 0.1) is 17.2 Å². The van der Waals surface area contributed by atoms with Crippen molar-refractivity contribution >= 4 is 40.9 Å². The number of nitrogens with one attached hydrogen (secondary N) is 1. The normalized spacial score (nSPS) is 24.7. The van der Waals surface area contributed by atoms with Crippen LogP contribution in [0.3, 0.4) is 0 Å². The number of amides is 2. The number of aliphatic hydroxyl groups is 1. The van der Waals surface area contributed by atoms with Crippen LogP contribution in [-0.4, -0.2) is 40.3 Å². The van der Waals surface area contributed by atoms with Crippen LogP contribution in [0.25, 0.3) is 0 Å². The lowest BCUT2D eigenvalue weighted by Crippen LogP contribution is -2.46. The van der Waals surface area contributed by atoms with E-state index >= 15 is 4.39 Å². The first kappa shape index (κ1) is 22.8. The number of anilines is 1. The molecule has 0 saturated carbocycles. The van der Waals surface area contributed by atoms with Crippen LogP contribution in [0.4, 0.5) is 14.9 Å². The van der Waals surface area contributed by atoms with Gasteiger partial charge in [0.05, 0.1) is 11.1 Å². The molecule has 2 heterocycles. The molecule has 32 heavy (non-hydrogen) atoms. The van der Waals surface area contributed by atoms with Gasteiger partial charge in [-0.2, -0.15) is 0 Å². The molecule has 170 valence electrons. The third-order valence-electron chi connectivity index (χ3n) is 6.60. The first-order valence-electron chi connectivity index (χ1n) is 10.2. The summed E-state index contributed by atoms with van der Waals surface area (Å²) >= 11 is 12.2. The quantitative estimate of drug-likeness (QED) is 0.568. The smallest absolute Gasteiger partial charge is 0.407 e. The Hall–Kier alpha value is -2.35. The Labute approximate surface area is 194 Å². The van der Waals surface area contributed by atoms with Crippen molar-refractivity contribution in [1.29, 1.82) is 0 Å². The van der Waals surface area contributed by atoms with Crippen LogP contribution >= 0.6 is 23.2 Å². The zero-order chi connectivity index (χ0) is 23.4. The monoisotopic (exact) mass is 480 g/mol. The molecule has 2 aromatic rings. The number of aliphatic hydroxyl groups excluding tert-OH is 1. The Bertz CT molecular complexity index is 1110. The first-order valence-corrected chi connectivity index (χ1v) is 10.9. The zero-order valence-electron chi connectivity index (χ0n) is 17.5. The third-order valence-corrected chi connectivity index (χ3v) is 7.13. The molecule has 2 aromatic carbocycles. The molecular formula is C23H23Cl2FN2O4. The van der Waals surface area contributed by atoms with Crippen LogP contribution < -0.4 is 5.32 Å². The number of carbonyl (C=O) groups is 2. The number of carboxylic acid groups (broad SMARTS) is 1. The Balaban J connectivity index is 2.03. The minimum absolute atomic E-state index is 0.00906. The van der Waals surface area contributed by atoms with Gasteiger partial charge in [-0.25, -0.2) is 9.18 Å². The summed E-state index contributed by atoms with van der Waals surface area (Å²) in [6.45, 7) is 3.52. The number of fused-ring (bicyclic) bond motifs is 2. The molecule has 4 rings (SSSR count). The number of halogens is 3. The highest BCUT2D eigenvalue weighted by Gasteiger charge is 2.65. The van der Waals surface area contributed by atoms with Crippen molar-refractivity contribution in [1.82, 2.24) is 4.90 Å². The summed E-state index contributed by atoms with van der Waals surface area (Å²) in [5, 5.41) is 23.1. The van der Waals surface area contributed by atoms with Gasteiger partial charge < -0.3 is 15.5 Å². The molecule has 9 heteroatoms. The molecule has 6 nitrogen and oxygen atoms in total. The van der Waals surface area contributed by atoms with Crippen molar-refractivity contribution in [3.05, 3.63) is 63.4 Å². The average Bonchev–Trinajstić information content (AvgIpc) is 3.20. The van der Waals surface area contributed by atoms with Gasteiger partial charge in [-0.05, 0) is 41.5 Å². The number of carbonyl (C=O) groups excluding carboxylic acids is 1. The Morgan fingerprint density at radius 1 is 1.31 bits per heavy atom. The second-order valence-corrected chi connectivity index (χ2v) is 10.1. The average molecular weight is 481 g/mol. The van der Waals surface area contributed by atoms with Crippen molar-refractivity contribution in [2.24, 2.45) is 11.3 Å². The van der Waals surface area contributed by atoms with Crippen molar-refractivity contribution in [2.45, 2.75) is 31.7 Å². The maximum atomic E-state index is 15.3. The Morgan fingerprint density at radius 3 is 2.69 bits per heavy atom. The molecule has 3 unspecified atom stereocenters. The lowest BCUT2D eigenvalue weighted by atomic mass is 9.63. The van der Waals surface area contributed by atoms with Gasteiger partial charge in [-0.1, -0.05) is 55.2 Å². The van der Waals surface area contributed by atoms with E-state index in [1.165, 1.54) is 18.2 Å². The van der Waals surface area contributed by atoms with E-state index in [9.17, 15) is 19.8 Å². The van der Waals surface area contributed by atoms with Crippen LogP contribution in [0.5, 0.6) is 0 Å². The summed E-state index contributed by atoms with van der Waals surface area (Å²) in [4.78, 5) is 27.2. The van der Waals surface area contributed by atoms with Gasteiger partial charge in [0.1, 0.15) is 11.2 Å². The molecule has 3 atom stereocenters. The summed E-state index contributed by atoms with van der Waals surface area (Å²) in [6.07, 6.45) is -0.935. The minimum Gasteiger partial charge on any atom is -0.465 e. The molecule has 2 aliphatic rings. The van der Waals surface area contributed by atoms with Crippen molar-refractivity contribution in [2.75, 3.05) is 18.5 Å². The predicted molar refractivity (Wildman–Crippen MR) is 120 cm³/mol. The second-order valence-electron chi connectivity index (χ2n) is 9.22. The third kappa shape index (κ3) is 3.34. The summed E-state index contributed by atoms with van der Waals surface area (Å²) < 4.78 is 15.3. The molecule has 0 aliphatic carbocycles. The van der Waals surface area contributed by atoms with E-state index in [2.05, 4.69) is 5.32 Å². The van der Waals surface area contributed by atoms with Gasteiger partial charge in [0, 0.05) is 29.4 Å². The van der Waals surface area contributed by atoms with Crippen molar-refractivity contribution < 1.29 is 24.2 Å². The molecule has 2 aliphatic heterocycles. The van der Waals surface area contributed by atoms with Gasteiger partial charge in [-0.15, -0.1) is 0 Å². The van der Waals surface area contributed by atoms with E-state index < -0.39 is 40.6 Å². The van der Waals surface area contributed by atoms with Gasteiger partial charge in [0.2, 0.25) is 5.91 Å². The molecule has 1 saturated heterocycles. The molecule has 3 N–H and O–H groups in total. The van der Waals surface area contributed by atoms with Crippen molar-refractivity contribution in [3.63, 3.8) is 0 Å². The lowest BCUT2D eigenvalue weighted by molar-refractivity contribution is -0.123. The number of benzene rings is 2. The van der Waals surface area contributed by atoms with Gasteiger partial charge in [0.15, 0.2) is 0 Å². The Morgan fingerprint density at radius 2 is 2.03 bits per heavy atom. The van der Waals surface area contributed by atoms with E-state index in [-0.39, 0.29) is 23.7 Å². The predicted octanol–water partition coefficient (Wildman–Crippen LogP) is 5.08. The number of rotatable bonds is 4. The first-order chi connectivity index (χ1) is 15.0. The van der Waals surface area contributed by atoms with Gasteiger partial charge in [0.25, 0.3) is 0 Å². The molecular weight excluding hydrogens is 458 g/mol. The van der Waals surface area contributed by atoms with Gasteiger partial charge >= 0.3 is 6.09 Å². The fourth-order valence-corrected chi connectivity index (χ4v) is 5.61. The maximum Gasteiger partial charge on any atom is 0.407 e. The minimum atomic E-state index is -1.42. The van der Waals surface area contributed by atoms with E-state index in [0.29, 0.717) is 22.7 Å². The van der Waals surface area contributed by atoms with Gasteiger partial charge in [-0.3, -0.25) is 9.69 Å². The van der Waals surface area contributed by atoms with E-state index in [1.807, 2.05) is 13.8 Å². The summed E-state index contributed by atoms with van der Waals surface area (Å²) in [6, 6.07) is 8.15.